The number of ether oxygens (including phenoxy) is 1. The number of nitrogens with two attached hydrogens (primary N) is 1. The highest BCUT2D eigenvalue weighted by atomic mass is 16.5. The average molecular weight is 369 g/mol. The van der Waals surface area contributed by atoms with Crippen LogP contribution in [0.5, 0.6) is 0 Å². The summed E-state index contributed by atoms with van der Waals surface area (Å²) >= 11 is 0. The summed E-state index contributed by atoms with van der Waals surface area (Å²) in [6.07, 6.45) is 6.89. The Morgan fingerprint density at radius 1 is 1.22 bits per heavy atom. The van der Waals surface area contributed by atoms with Gasteiger partial charge in [-0.2, -0.15) is 0 Å². The van der Waals surface area contributed by atoms with E-state index in [0.29, 0.717) is 19.0 Å². The molecule has 0 radical (unpaired) electrons. The van der Waals surface area contributed by atoms with Gasteiger partial charge in [0.25, 0.3) is 0 Å². The number of fused-ring (bicyclic) bond motifs is 1. The Labute approximate surface area is 158 Å². The van der Waals surface area contributed by atoms with Crippen molar-refractivity contribution in [2.24, 2.45) is 5.73 Å². The van der Waals surface area contributed by atoms with Crippen LogP contribution in [0.25, 0.3) is 11.1 Å². The number of aromatic nitrogens is 2. The lowest BCUT2D eigenvalue weighted by molar-refractivity contribution is -0.133. The molecule has 0 aliphatic carbocycles. The van der Waals surface area contributed by atoms with Crippen molar-refractivity contribution in [1.29, 1.82) is 0 Å². The van der Waals surface area contributed by atoms with Crippen LogP contribution in [0.15, 0.2) is 30.7 Å². The van der Waals surface area contributed by atoms with Crippen LogP contribution in [0, 0.1) is 0 Å². The normalized spacial score (nSPS) is 13.2. The number of nitrogens with zero attached hydrogens (tertiary/aromatic N) is 4. The highest BCUT2D eigenvalue weighted by Gasteiger charge is 2.22. The maximum Gasteiger partial charge on any atom is 0.320 e. The van der Waals surface area contributed by atoms with E-state index >= 15 is 0 Å². The predicted molar refractivity (Wildman–Crippen MR) is 101 cm³/mol. The maximum atomic E-state index is 11.6. The zero-order valence-corrected chi connectivity index (χ0v) is 15.5. The van der Waals surface area contributed by atoms with Crippen molar-refractivity contribution in [2.45, 2.75) is 19.4 Å². The van der Waals surface area contributed by atoms with Crippen LogP contribution < -0.4 is 10.6 Å². The van der Waals surface area contributed by atoms with Gasteiger partial charge in [0.15, 0.2) is 0 Å². The Balaban J connectivity index is 1.75. The number of amides is 3. The molecule has 1 aliphatic heterocycles. The van der Waals surface area contributed by atoms with Gasteiger partial charge in [-0.3, -0.25) is 14.7 Å². The van der Waals surface area contributed by atoms with E-state index in [4.69, 9.17) is 10.5 Å². The van der Waals surface area contributed by atoms with Gasteiger partial charge in [0.2, 0.25) is 5.91 Å². The van der Waals surface area contributed by atoms with Crippen molar-refractivity contribution < 1.29 is 14.3 Å². The second-order valence-corrected chi connectivity index (χ2v) is 6.66. The smallest absolute Gasteiger partial charge is 0.320 e. The molecule has 0 saturated carbocycles. The molecule has 0 aromatic carbocycles. The number of carbonyl (C=O) groups excluding carboxylic acids is 2. The van der Waals surface area contributed by atoms with E-state index in [1.165, 1.54) is 9.80 Å². The van der Waals surface area contributed by atoms with Gasteiger partial charge < -0.3 is 15.4 Å². The van der Waals surface area contributed by atoms with Crippen molar-refractivity contribution in [3.05, 3.63) is 41.9 Å². The fourth-order valence-corrected chi connectivity index (χ4v) is 2.95. The van der Waals surface area contributed by atoms with E-state index in [1.807, 2.05) is 12.1 Å². The van der Waals surface area contributed by atoms with Crippen molar-refractivity contribution in [3.63, 3.8) is 0 Å². The summed E-state index contributed by atoms with van der Waals surface area (Å²) in [5.74, 6) is 0.546. The van der Waals surface area contributed by atoms with Gasteiger partial charge in [-0.25, -0.2) is 9.78 Å². The van der Waals surface area contributed by atoms with Crippen LogP contribution in [0.2, 0.25) is 0 Å². The van der Waals surface area contributed by atoms with Crippen LogP contribution in [0.1, 0.15) is 17.5 Å². The molecule has 3 heterocycles. The van der Waals surface area contributed by atoms with Gasteiger partial charge in [0.1, 0.15) is 12.4 Å². The Kier molecular flexibility index (Phi) is 5.66. The van der Waals surface area contributed by atoms with Gasteiger partial charge >= 0.3 is 6.03 Å². The number of anilines is 1. The fraction of sp³-hybridized carbons (Fsp3) is 0.368. The first-order chi connectivity index (χ1) is 13.0. The molecule has 3 rings (SSSR count). The molecule has 3 amide bonds. The van der Waals surface area contributed by atoms with Crippen molar-refractivity contribution in [2.75, 3.05) is 32.1 Å². The van der Waals surface area contributed by atoms with Crippen LogP contribution in [0.4, 0.5) is 10.6 Å². The molecule has 1 aliphatic rings. The molecule has 2 N–H and O–H groups in total. The molecular weight excluding hydrogens is 346 g/mol. The molecule has 0 atom stereocenters. The molecule has 8 nitrogen and oxygen atoms in total. The Hall–Kier alpha value is -3.00. The molecule has 2 aromatic rings. The summed E-state index contributed by atoms with van der Waals surface area (Å²) in [4.78, 5) is 34.8. The molecule has 0 saturated heterocycles. The lowest BCUT2D eigenvalue weighted by Gasteiger charge is -2.26. The molecule has 27 heavy (non-hydrogen) atoms. The minimum Gasteiger partial charge on any atom is -0.367 e. The fourth-order valence-electron chi connectivity index (χ4n) is 2.95. The molecule has 0 fully saturated rings. The first-order valence-electron chi connectivity index (χ1n) is 8.74. The minimum absolute atomic E-state index is 0.0284. The van der Waals surface area contributed by atoms with Crippen LogP contribution in [-0.2, 0) is 22.6 Å². The lowest BCUT2D eigenvalue weighted by atomic mass is 10.0. The van der Waals surface area contributed by atoms with Crippen LogP contribution in [0.3, 0.4) is 0 Å². The lowest BCUT2D eigenvalue weighted by Crippen LogP contribution is -2.40. The maximum absolute atomic E-state index is 11.6. The molecule has 0 bridgehead atoms. The van der Waals surface area contributed by atoms with Crippen LogP contribution in [-0.4, -0.2) is 54.1 Å². The number of likely N-dealkylation sites (N-methyl/N-ethyl adjacent to an activating group) is 1. The third kappa shape index (κ3) is 4.40. The van der Waals surface area contributed by atoms with Gasteiger partial charge in [-0.05, 0) is 36.1 Å². The summed E-state index contributed by atoms with van der Waals surface area (Å²) in [5.41, 5.74) is 9.12. The van der Waals surface area contributed by atoms with Gasteiger partial charge in [-0.1, -0.05) is 0 Å². The van der Waals surface area contributed by atoms with E-state index in [-0.39, 0.29) is 12.5 Å². The summed E-state index contributed by atoms with van der Waals surface area (Å²) in [5, 5.41) is 0. The highest BCUT2D eigenvalue weighted by molar-refractivity contribution is 5.91. The number of pyridine rings is 2. The number of hydrogen-bond donors (Lipinski definition) is 1. The Morgan fingerprint density at radius 3 is 2.74 bits per heavy atom. The summed E-state index contributed by atoms with van der Waals surface area (Å²) < 4.78 is 5.46. The second-order valence-electron chi connectivity index (χ2n) is 6.66. The van der Waals surface area contributed by atoms with Gasteiger partial charge in [0, 0.05) is 50.4 Å². The van der Waals surface area contributed by atoms with Crippen LogP contribution >= 0.6 is 0 Å². The summed E-state index contributed by atoms with van der Waals surface area (Å²) in [6.45, 7) is 0.920. The van der Waals surface area contributed by atoms with Gasteiger partial charge in [0.05, 0.1) is 6.61 Å². The highest BCUT2D eigenvalue weighted by Crippen LogP contribution is 2.29. The first-order valence-corrected chi connectivity index (χ1v) is 8.74. The van der Waals surface area contributed by atoms with E-state index in [1.54, 1.807) is 32.7 Å². The third-order valence-corrected chi connectivity index (χ3v) is 4.41. The monoisotopic (exact) mass is 369 g/mol. The predicted octanol–water partition coefficient (Wildman–Crippen LogP) is 1.58. The number of aryl methyl sites for hydroxylation is 1. The van der Waals surface area contributed by atoms with E-state index < -0.39 is 6.03 Å². The van der Waals surface area contributed by atoms with Crippen molar-refractivity contribution in [3.8, 4) is 11.1 Å². The largest absolute Gasteiger partial charge is 0.367 e. The standard InChI is InChI=1S/C19H23N5O3/c1-23(2)17(25)12-27-11-13-6-15(9-21-8-13)16-7-14-4-3-5-24(19(20)26)18(14)22-10-16/h6-10H,3-5,11-12H2,1-2H3,(H2,20,26). The summed E-state index contributed by atoms with van der Waals surface area (Å²) in [7, 11) is 3.38. The molecule has 0 spiro atoms. The van der Waals surface area contributed by atoms with E-state index in [9.17, 15) is 9.59 Å². The quantitative estimate of drug-likeness (QED) is 0.862. The number of primary amides is 1. The number of urea groups is 1. The topological polar surface area (TPSA) is 102 Å². The Morgan fingerprint density at radius 2 is 2.00 bits per heavy atom. The van der Waals surface area contributed by atoms with Crippen molar-refractivity contribution >= 4 is 17.8 Å². The van der Waals surface area contributed by atoms with E-state index in [2.05, 4.69) is 9.97 Å². The molecule has 0 unspecified atom stereocenters. The number of rotatable bonds is 5. The molecule has 2 aromatic heterocycles. The SMILES string of the molecule is CN(C)C(=O)COCc1cncc(-c2cnc3c(c2)CCCN3C(N)=O)c1. The summed E-state index contributed by atoms with van der Waals surface area (Å²) in [6, 6.07) is 3.50. The third-order valence-electron chi connectivity index (χ3n) is 4.41. The molecule has 8 heteroatoms. The average Bonchev–Trinajstić information content (AvgIpc) is 2.67. The second kappa shape index (κ2) is 8.13. The molecule has 142 valence electrons. The Bertz CT molecular complexity index is 853. The van der Waals surface area contributed by atoms with E-state index in [0.717, 1.165) is 35.1 Å². The van der Waals surface area contributed by atoms with Crippen molar-refractivity contribution in [1.82, 2.24) is 14.9 Å². The minimum atomic E-state index is -0.482. The number of hydrogen-bond acceptors (Lipinski definition) is 5. The van der Waals surface area contributed by atoms with Gasteiger partial charge in [-0.15, -0.1) is 0 Å². The first kappa shape index (κ1) is 18.8. The zero-order valence-electron chi connectivity index (χ0n) is 15.5. The molecular formula is C19H23N5O3. The zero-order chi connectivity index (χ0) is 19.4. The number of carbonyl (C=O) groups is 2.